The van der Waals surface area contributed by atoms with E-state index in [0.29, 0.717) is 0 Å². The molecule has 2 aromatic heterocycles. The first-order valence-corrected chi connectivity index (χ1v) is 4.29. The fourth-order valence-corrected chi connectivity index (χ4v) is 1.85. The van der Waals surface area contributed by atoms with Crippen LogP contribution >= 0.6 is 11.3 Å². The van der Waals surface area contributed by atoms with E-state index in [1.54, 1.807) is 11.3 Å². The molecule has 0 spiro atoms. The first-order valence-electron chi connectivity index (χ1n) is 3.41. The average Bonchev–Trinajstić information content (AvgIpc) is 2.55. The first-order chi connectivity index (χ1) is 5.38. The Morgan fingerprint density at radius 2 is 2.00 bits per heavy atom. The minimum atomic E-state index is 1.09. The lowest BCUT2D eigenvalue weighted by Crippen LogP contribution is -1.86. The van der Waals surface area contributed by atoms with Crippen LogP contribution in [0.4, 0.5) is 0 Å². The maximum Gasteiger partial charge on any atom is 0.102 e. The molecular formula is C9H8NS. The summed E-state index contributed by atoms with van der Waals surface area (Å²) < 4.78 is 2.08. The number of hydrogen-bond donors (Lipinski definition) is 0. The Kier molecular flexibility index (Phi) is 1.55. The van der Waals surface area contributed by atoms with Crippen LogP contribution in [-0.2, 0) is 0 Å². The van der Waals surface area contributed by atoms with E-state index in [1.165, 1.54) is 5.00 Å². The second-order valence-corrected chi connectivity index (χ2v) is 3.24. The highest BCUT2D eigenvalue weighted by atomic mass is 32.1. The van der Waals surface area contributed by atoms with Crippen LogP contribution in [0.25, 0.3) is 5.00 Å². The van der Waals surface area contributed by atoms with E-state index in [4.69, 9.17) is 0 Å². The molecule has 0 aromatic carbocycles. The average molecular weight is 162 g/mol. The zero-order chi connectivity index (χ0) is 7.68. The van der Waals surface area contributed by atoms with Gasteiger partial charge >= 0.3 is 0 Å². The van der Waals surface area contributed by atoms with Gasteiger partial charge in [0.15, 0.2) is 0 Å². The van der Waals surface area contributed by atoms with Gasteiger partial charge in [-0.25, -0.2) is 0 Å². The minimum absolute atomic E-state index is 1.09. The molecule has 0 fully saturated rings. The molecule has 2 heteroatoms. The van der Waals surface area contributed by atoms with Crippen LogP contribution in [-0.4, -0.2) is 4.57 Å². The molecule has 0 unspecified atom stereocenters. The summed E-state index contributed by atoms with van der Waals surface area (Å²) in [6, 6.07) is 6.05. The Morgan fingerprint density at radius 1 is 1.27 bits per heavy atom. The quantitative estimate of drug-likeness (QED) is 0.607. The SMILES string of the molecule is [CH2]c1ccsc1-n1cccc1. The highest BCUT2D eigenvalue weighted by Gasteiger charge is 1.98. The van der Waals surface area contributed by atoms with Gasteiger partial charge in [-0.15, -0.1) is 11.3 Å². The van der Waals surface area contributed by atoms with Crippen LogP contribution in [0.15, 0.2) is 36.0 Å². The summed E-state index contributed by atoms with van der Waals surface area (Å²) in [5, 5.41) is 3.26. The van der Waals surface area contributed by atoms with Gasteiger partial charge in [-0.3, -0.25) is 0 Å². The maximum absolute atomic E-state index is 3.93. The van der Waals surface area contributed by atoms with Crippen molar-refractivity contribution in [2.45, 2.75) is 0 Å². The second kappa shape index (κ2) is 2.55. The molecule has 2 rings (SSSR count). The predicted octanol–water partition coefficient (Wildman–Crippen LogP) is 2.72. The van der Waals surface area contributed by atoms with Crippen molar-refractivity contribution in [1.82, 2.24) is 4.57 Å². The van der Waals surface area contributed by atoms with Crippen molar-refractivity contribution in [3.05, 3.63) is 48.5 Å². The lowest BCUT2D eigenvalue weighted by molar-refractivity contribution is 1.11. The first kappa shape index (κ1) is 6.68. The second-order valence-electron chi connectivity index (χ2n) is 2.34. The summed E-state index contributed by atoms with van der Waals surface area (Å²) in [7, 11) is 0. The normalized spacial score (nSPS) is 10.3. The molecule has 55 valence electrons. The van der Waals surface area contributed by atoms with Crippen LogP contribution in [0.1, 0.15) is 5.56 Å². The fourth-order valence-electron chi connectivity index (χ4n) is 1.02. The van der Waals surface area contributed by atoms with Crippen LogP contribution in [0.2, 0.25) is 0 Å². The van der Waals surface area contributed by atoms with Crippen molar-refractivity contribution in [1.29, 1.82) is 0 Å². The van der Waals surface area contributed by atoms with Crippen molar-refractivity contribution < 1.29 is 0 Å². The molecule has 0 aliphatic heterocycles. The largest absolute Gasteiger partial charge is 0.315 e. The van der Waals surface area contributed by atoms with Gasteiger partial charge in [0.2, 0.25) is 0 Å². The molecule has 1 nitrogen and oxygen atoms in total. The zero-order valence-corrected chi connectivity index (χ0v) is 6.84. The summed E-state index contributed by atoms with van der Waals surface area (Å²) in [6.07, 6.45) is 4.06. The standard InChI is InChI=1S/C9H8NS/c1-8-4-7-11-9(8)10-5-2-3-6-10/h2-7H,1H2. The number of nitrogens with zero attached hydrogens (tertiary/aromatic N) is 1. The van der Waals surface area contributed by atoms with Crippen molar-refractivity contribution in [3.8, 4) is 5.00 Å². The maximum atomic E-state index is 3.93. The summed E-state index contributed by atoms with van der Waals surface area (Å²) in [5.41, 5.74) is 1.09. The Labute approximate surface area is 69.9 Å². The molecule has 0 bridgehead atoms. The summed E-state index contributed by atoms with van der Waals surface area (Å²) >= 11 is 1.71. The molecule has 2 heterocycles. The van der Waals surface area contributed by atoms with Crippen LogP contribution in [0, 0.1) is 6.92 Å². The van der Waals surface area contributed by atoms with Crippen molar-refractivity contribution >= 4 is 11.3 Å². The van der Waals surface area contributed by atoms with Gasteiger partial charge in [0.05, 0.1) is 0 Å². The van der Waals surface area contributed by atoms with Gasteiger partial charge in [-0.2, -0.15) is 0 Å². The molecular weight excluding hydrogens is 154 g/mol. The molecule has 0 saturated carbocycles. The Morgan fingerprint density at radius 3 is 2.55 bits per heavy atom. The molecule has 1 radical (unpaired) electrons. The van der Waals surface area contributed by atoms with Crippen LogP contribution < -0.4 is 0 Å². The third-order valence-corrected chi connectivity index (χ3v) is 2.53. The van der Waals surface area contributed by atoms with Gasteiger partial charge in [0.25, 0.3) is 0 Å². The molecule has 0 aliphatic carbocycles. The molecule has 0 aliphatic rings. The van der Waals surface area contributed by atoms with Gasteiger partial charge in [0.1, 0.15) is 5.00 Å². The molecule has 0 amide bonds. The molecule has 0 saturated heterocycles. The topological polar surface area (TPSA) is 4.93 Å². The van der Waals surface area contributed by atoms with E-state index in [9.17, 15) is 0 Å². The predicted molar refractivity (Wildman–Crippen MR) is 48.1 cm³/mol. The van der Waals surface area contributed by atoms with E-state index in [1.807, 2.05) is 30.6 Å². The number of hydrogen-bond acceptors (Lipinski definition) is 1. The molecule has 2 aromatic rings. The summed E-state index contributed by atoms with van der Waals surface area (Å²) in [6.45, 7) is 3.93. The van der Waals surface area contributed by atoms with Crippen molar-refractivity contribution in [2.75, 3.05) is 0 Å². The Balaban J connectivity index is 2.53. The number of aromatic nitrogens is 1. The van der Waals surface area contributed by atoms with Gasteiger partial charge < -0.3 is 4.57 Å². The van der Waals surface area contributed by atoms with Gasteiger partial charge in [0, 0.05) is 12.4 Å². The summed E-state index contributed by atoms with van der Waals surface area (Å²) in [4.78, 5) is 0. The zero-order valence-electron chi connectivity index (χ0n) is 6.03. The smallest absolute Gasteiger partial charge is 0.102 e. The third kappa shape index (κ3) is 1.10. The molecule has 0 atom stereocenters. The van der Waals surface area contributed by atoms with Crippen molar-refractivity contribution in [3.63, 3.8) is 0 Å². The third-order valence-electron chi connectivity index (χ3n) is 1.56. The Bertz CT molecular complexity index is 332. The van der Waals surface area contributed by atoms with Gasteiger partial charge in [-0.05, 0) is 36.1 Å². The summed E-state index contributed by atoms with van der Waals surface area (Å²) in [5.74, 6) is 0. The number of rotatable bonds is 1. The van der Waals surface area contributed by atoms with E-state index >= 15 is 0 Å². The highest BCUT2D eigenvalue weighted by molar-refractivity contribution is 7.12. The van der Waals surface area contributed by atoms with Crippen LogP contribution in [0.5, 0.6) is 0 Å². The van der Waals surface area contributed by atoms with E-state index < -0.39 is 0 Å². The lowest BCUT2D eigenvalue weighted by Gasteiger charge is -1.98. The van der Waals surface area contributed by atoms with E-state index in [-0.39, 0.29) is 0 Å². The van der Waals surface area contributed by atoms with E-state index in [2.05, 4.69) is 16.9 Å². The van der Waals surface area contributed by atoms with Crippen LogP contribution in [0.3, 0.4) is 0 Å². The Hall–Kier alpha value is -1.02. The molecule has 11 heavy (non-hydrogen) atoms. The van der Waals surface area contributed by atoms with E-state index in [0.717, 1.165) is 5.56 Å². The van der Waals surface area contributed by atoms with Crippen molar-refractivity contribution in [2.24, 2.45) is 0 Å². The lowest BCUT2D eigenvalue weighted by atomic mass is 10.4. The molecule has 0 N–H and O–H groups in total. The number of thiophene rings is 1. The minimum Gasteiger partial charge on any atom is -0.315 e. The fraction of sp³-hybridized carbons (Fsp3) is 0. The highest BCUT2D eigenvalue weighted by Crippen LogP contribution is 2.20. The van der Waals surface area contributed by atoms with Gasteiger partial charge in [-0.1, -0.05) is 0 Å². The monoisotopic (exact) mass is 162 g/mol.